The van der Waals surface area contributed by atoms with Crippen LogP contribution in [0.25, 0.3) is 0 Å². The maximum Gasteiger partial charge on any atom is 0.416 e. The minimum atomic E-state index is -4.37. The molecule has 1 amide bonds. The van der Waals surface area contributed by atoms with Gasteiger partial charge in [0, 0.05) is 6.54 Å². The Bertz CT molecular complexity index is 604. The van der Waals surface area contributed by atoms with Crippen LogP contribution in [0.2, 0.25) is 0 Å². The molecule has 1 aromatic carbocycles. The van der Waals surface area contributed by atoms with Crippen molar-refractivity contribution in [1.29, 1.82) is 0 Å². The first-order valence-electron chi connectivity index (χ1n) is 5.61. The Balaban J connectivity index is 1.98. The van der Waals surface area contributed by atoms with Gasteiger partial charge in [0.15, 0.2) is 0 Å². The lowest BCUT2D eigenvalue weighted by atomic mass is 10.1. The number of hydrogen-bond acceptors (Lipinski definition) is 3. The summed E-state index contributed by atoms with van der Waals surface area (Å²) in [5.41, 5.74) is 5.49. The van der Waals surface area contributed by atoms with Gasteiger partial charge in [-0.25, -0.2) is 0 Å². The number of aromatic nitrogens is 2. The highest BCUT2D eigenvalue weighted by Gasteiger charge is 2.29. The number of amides is 1. The second-order valence-corrected chi connectivity index (χ2v) is 4.07. The van der Waals surface area contributed by atoms with Crippen molar-refractivity contribution in [1.82, 2.24) is 15.5 Å². The van der Waals surface area contributed by atoms with Crippen molar-refractivity contribution in [3.8, 4) is 0 Å². The fourth-order valence-electron chi connectivity index (χ4n) is 1.57. The Labute approximate surface area is 112 Å². The normalized spacial score (nSPS) is 11.3. The summed E-state index contributed by atoms with van der Waals surface area (Å²) in [7, 11) is 0. The molecule has 2 rings (SSSR count). The minimum absolute atomic E-state index is 0.0988. The molecular weight excluding hydrogens is 273 g/mol. The summed E-state index contributed by atoms with van der Waals surface area (Å²) >= 11 is 0. The van der Waals surface area contributed by atoms with Crippen molar-refractivity contribution >= 4 is 11.7 Å². The van der Waals surface area contributed by atoms with Gasteiger partial charge in [-0.05, 0) is 17.7 Å². The third-order valence-electron chi connectivity index (χ3n) is 2.65. The summed E-state index contributed by atoms with van der Waals surface area (Å²) in [6.45, 7) is 0.0988. The highest BCUT2D eigenvalue weighted by Crippen LogP contribution is 2.29. The zero-order valence-electron chi connectivity index (χ0n) is 10.2. The molecule has 0 aliphatic rings. The van der Waals surface area contributed by atoms with Gasteiger partial charge in [0.1, 0.15) is 11.4 Å². The topological polar surface area (TPSA) is 83.8 Å². The molecule has 0 unspecified atom stereocenters. The zero-order valence-corrected chi connectivity index (χ0v) is 10.2. The third-order valence-corrected chi connectivity index (χ3v) is 2.65. The van der Waals surface area contributed by atoms with E-state index in [9.17, 15) is 18.0 Å². The van der Waals surface area contributed by atoms with E-state index in [1.807, 2.05) is 0 Å². The number of carbonyl (C=O) groups is 1. The van der Waals surface area contributed by atoms with E-state index >= 15 is 0 Å². The predicted molar refractivity (Wildman–Crippen MR) is 65.6 cm³/mol. The molecule has 0 bridgehead atoms. The monoisotopic (exact) mass is 284 g/mol. The molecule has 8 heteroatoms. The molecule has 20 heavy (non-hydrogen) atoms. The highest BCUT2D eigenvalue weighted by molar-refractivity contribution is 5.97. The van der Waals surface area contributed by atoms with Gasteiger partial charge in [0.05, 0.1) is 11.8 Å². The molecule has 0 radical (unpaired) electrons. The molecule has 0 atom stereocenters. The first-order valence-corrected chi connectivity index (χ1v) is 5.61. The number of carbonyl (C=O) groups excluding carboxylic acids is 1. The quantitative estimate of drug-likeness (QED) is 0.805. The lowest BCUT2D eigenvalue weighted by molar-refractivity contribution is -0.137. The molecule has 2 aromatic rings. The van der Waals surface area contributed by atoms with E-state index in [1.54, 1.807) is 0 Å². The van der Waals surface area contributed by atoms with E-state index in [1.165, 1.54) is 18.3 Å². The molecular formula is C12H11F3N4O. The highest BCUT2D eigenvalue weighted by atomic mass is 19.4. The van der Waals surface area contributed by atoms with Crippen LogP contribution in [0.15, 0.2) is 30.5 Å². The number of anilines is 1. The third kappa shape index (κ3) is 3.08. The number of H-pyrrole nitrogens is 1. The molecule has 1 aromatic heterocycles. The maximum absolute atomic E-state index is 12.4. The second kappa shape index (κ2) is 5.24. The van der Waals surface area contributed by atoms with Gasteiger partial charge in [-0.3, -0.25) is 9.89 Å². The summed E-state index contributed by atoms with van der Waals surface area (Å²) in [5.74, 6) is -0.314. The second-order valence-electron chi connectivity index (χ2n) is 4.07. The molecule has 0 aliphatic heterocycles. The standard InChI is InChI=1S/C12H11F3N4O/c13-12(14,15)8-3-1-7(2-4-8)5-17-11(20)9-6-18-19-10(9)16/h1-4,6H,5H2,(H,17,20)(H3,16,18,19). The van der Waals surface area contributed by atoms with Crippen LogP contribution in [-0.4, -0.2) is 16.1 Å². The lowest BCUT2D eigenvalue weighted by Crippen LogP contribution is -2.23. The molecule has 4 N–H and O–H groups in total. The van der Waals surface area contributed by atoms with E-state index in [0.29, 0.717) is 5.56 Å². The van der Waals surface area contributed by atoms with Crippen LogP contribution in [0.3, 0.4) is 0 Å². The van der Waals surface area contributed by atoms with Crippen molar-refractivity contribution < 1.29 is 18.0 Å². The number of aromatic amines is 1. The van der Waals surface area contributed by atoms with Gasteiger partial charge in [0.25, 0.3) is 5.91 Å². The van der Waals surface area contributed by atoms with Crippen molar-refractivity contribution in [2.45, 2.75) is 12.7 Å². The van der Waals surface area contributed by atoms with Gasteiger partial charge in [-0.15, -0.1) is 0 Å². The Kier molecular flexibility index (Phi) is 3.64. The average Bonchev–Trinajstić information content (AvgIpc) is 2.82. The van der Waals surface area contributed by atoms with E-state index in [-0.39, 0.29) is 17.9 Å². The van der Waals surface area contributed by atoms with Crippen LogP contribution < -0.4 is 11.1 Å². The summed E-state index contributed by atoms with van der Waals surface area (Å²) in [6.07, 6.45) is -3.09. The molecule has 0 saturated carbocycles. The Morgan fingerprint density at radius 2 is 1.95 bits per heavy atom. The number of halogens is 3. The number of alkyl halides is 3. The first kappa shape index (κ1) is 13.9. The molecule has 0 saturated heterocycles. The molecule has 1 heterocycles. The fourth-order valence-corrected chi connectivity index (χ4v) is 1.57. The number of hydrogen-bond donors (Lipinski definition) is 3. The van der Waals surface area contributed by atoms with Crippen LogP contribution in [0.5, 0.6) is 0 Å². The molecule has 106 valence electrons. The minimum Gasteiger partial charge on any atom is -0.383 e. The number of benzene rings is 1. The van der Waals surface area contributed by atoms with Crippen molar-refractivity contribution in [3.63, 3.8) is 0 Å². The van der Waals surface area contributed by atoms with Crippen LogP contribution in [-0.2, 0) is 12.7 Å². The predicted octanol–water partition coefficient (Wildman–Crippen LogP) is 1.94. The van der Waals surface area contributed by atoms with Crippen molar-refractivity contribution in [2.75, 3.05) is 5.73 Å². The van der Waals surface area contributed by atoms with E-state index in [0.717, 1.165) is 12.1 Å². The van der Waals surface area contributed by atoms with Crippen molar-refractivity contribution in [2.24, 2.45) is 0 Å². The SMILES string of the molecule is Nc1[nH]ncc1C(=O)NCc1ccc(C(F)(F)F)cc1. The maximum atomic E-state index is 12.4. The summed E-state index contributed by atoms with van der Waals surface area (Å²) < 4.78 is 37.1. The summed E-state index contributed by atoms with van der Waals surface area (Å²) in [5, 5.41) is 8.55. The van der Waals surface area contributed by atoms with Gasteiger partial charge in [0.2, 0.25) is 0 Å². The van der Waals surface area contributed by atoms with Gasteiger partial charge < -0.3 is 11.1 Å². The Hall–Kier alpha value is -2.51. The number of nitrogens with two attached hydrogens (primary N) is 1. The molecule has 0 spiro atoms. The van der Waals surface area contributed by atoms with Gasteiger partial charge in [-0.1, -0.05) is 12.1 Å². The summed E-state index contributed by atoms with van der Waals surface area (Å²) in [4.78, 5) is 11.7. The summed E-state index contributed by atoms with van der Waals surface area (Å²) in [6, 6.07) is 4.55. The fraction of sp³-hybridized carbons (Fsp3) is 0.167. The van der Waals surface area contributed by atoms with Crippen LogP contribution >= 0.6 is 0 Å². The van der Waals surface area contributed by atoms with E-state index in [4.69, 9.17) is 5.73 Å². The molecule has 0 aliphatic carbocycles. The average molecular weight is 284 g/mol. The smallest absolute Gasteiger partial charge is 0.383 e. The molecule has 5 nitrogen and oxygen atoms in total. The number of rotatable bonds is 3. The van der Waals surface area contributed by atoms with Crippen LogP contribution in [0, 0.1) is 0 Å². The number of nitrogen functional groups attached to an aromatic ring is 1. The number of nitrogens with zero attached hydrogens (tertiary/aromatic N) is 1. The lowest BCUT2D eigenvalue weighted by Gasteiger charge is -2.08. The van der Waals surface area contributed by atoms with Crippen molar-refractivity contribution in [3.05, 3.63) is 47.2 Å². The number of nitrogens with one attached hydrogen (secondary N) is 2. The largest absolute Gasteiger partial charge is 0.416 e. The van der Waals surface area contributed by atoms with E-state index in [2.05, 4.69) is 15.5 Å². The Morgan fingerprint density at radius 3 is 2.45 bits per heavy atom. The van der Waals surface area contributed by atoms with E-state index < -0.39 is 17.6 Å². The van der Waals surface area contributed by atoms with Gasteiger partial charge >= 0.3 is 6.18 Å². The zero-order chi connectivity index (χ0) is 14.8. The Morgan fingerprint density at radius 1 is 1.30 bits per heavy atom. The first-order chi connectivity index (χ1) is 9.38. The van der Waals surface area contributed by atoms with Gasteiger partial charge in [-0.2, -0.15) is 18.3 Å². The van der Waals surface area contributed by atoms with Crippen LogP contribution in [0.4, 0.5) is 19.0 Å². The molecule has 0 fully saturated rings. The van der Waals surface area contributed by atoms with Crippen LogP contribution in [0.1, 0.15) is 21.5 Å².